The van der Waals surface area contributed by atoms with Crippen molar-refractivity contribution in [2.75, 3.05) is 18.8 Å². The van der Waals surface area contributed by atoms with Gasteiger partial charge in [0.2, 0.25) is 11.8 Å². The fourth-order valence-electron chi connectivity index (χ4n) is 4.19. The summed E-state index contributed by atoms with van der Waals surface area (Å²) in [5.41, 5.74) is 10.3. The number of hydrogen-bond donors (Lipinski definition) is 2. The van der Waals surface area contributed by atoms with Crippen molar-refractivity contribution < 1.29 is 22.8 Å². The zero-order valence-electron chi connectivity index (χ0n) is 21.0. The summed E-state index contributed by atoms with van der Waals surface area (Å²) in [4.78, 5) is 33.9. The van der Waals surface area contributed by atoms with Crippen molar-refractivity contribution in [1.29, 1.82) is 0 Å². The molecule has 0 saturated carbocycles. The minimum Gasteiger partial charge on any atom is -0.439 e. The van der Waals surface area contributed by atoms with Crippen molar-refractivity contribution in [3.05, 3.63) is 95.6 Å². The van der Waals surface area contributed by atoms with Gasteiger partial charge < -0.3 is 20.4 Å². The SMILES string of the molecule is Cc1cc(-c2ccc(C(=O)N3CC(F)(F)C3)cc2)ccc1-c1cnc(CNC(=O)/C=C/c2ccc(N)nc2)o1. The van der Waals surface area contributed by atoms with Gasteiger partial charge in [-0.05, 0) is 59.5 Å². The number of pyridine rings is 1. The first-order valence-electron chi connectivity index (χ1n) is 12.2. The highest BCUT2D eigenvalue weighted by Crippen LogP contribution is 2.31. The number of carbonyl (C=O) groups excluding carboxylic acids is 2. The van der Waals surface area contributed by atoms with E-state index < -0.39 is 24.9 Å². The molecule has 1 fully saturated rings. The van der Waals surface area contributed by atoms with Gasteiger partial charge in [0.1, 0.15) is 5.82 Å². The van der Waals surface area contributed by atoms with Gasteiger partial charge in [-0.1, -0.05) is 30.3 Å². The molecule has 0 unspecified atom stereocenters. The zero-order chi connectivity index (χ0) is 27.6. The number of nitrogens with zero attached hydrogens (tertiary/aromatic N) is 3. The van der Waals surface area contributed by atoms with E-state index in [2.05, 4.69) is 15.3 Å². The summed E-state index contributed by atoms with van der Waals surface area (Å²) in [5.74, 6) is -2.15. The number of halogens is 2. The highest BCUT2D eigenvalue weighted by molar-refractivity contribution is 5.95. The number of likely N-dealkylation sites (tertiary alicyclic amines) is 1. The van der Waals surface area contributed by atoms with Crippen molar-refractivity contribution in [3.8, 4) is 22.5 Å². The second kappa shape index (κ2) is 10.5. The van der Waals surface area contributed by atoms with E-state index in [0.29, 0.717) is 23.0 Å². The van der Waals surface area contributed by atoms with Gasteiger partial charge in [-0.2, -0.15) is 0 Å². The third-order valence-electron chi connectivity index (χ3n) is 6.29. The first-order valence-corrected chi connectivity index (χ1v) is 12.2. The van der Waals surface area contributed by atoms with Gasteiger partial charge in [0.15, 0.2) is 5.76 Å². The quantitative estimate of drug-likeness (QED) is 0.335. The predicted octanol–water partition coefficient (Wildman–Crippen LogP) is 4.71. The topological polar surface area (TPSA) is 114 Å². The Hall–Kier alpha value is -4.86. The van der Waals surface area contributed by atoms with Crippen LogP contribution in [0.1, 0.15) is 27.4 Å². The maximum atomic E-state index is 13.1. The number of oxazole rings is 1. The Morgan fingerprint density at radius 2 is 1.79 bits per heavy atom. The fraction of sp³-hybridized carbons (Fsp3) is 0.172. The average molecular weight is 530 g/mol. The number of rotatable bonds is 7. The molecule has 4 aromatic rings. The molecular formula is C29H25F2N5O3. The molecular weight excluding hydrogens is 504 g/mol. The van der Waals surface area contributed by atoms with Crippen molar-refractivity contribution in [2.24, 2.45) is 0 Å². The van der Waals surface area contributed by atoms with Crippen LogP contribution < -0.4 is 11.1 Å². The molecule has 3 N–H and O–H groups in total. The number of anilines is 1. The summed E-state index contributed by atoms with van der Waals surface area (Å²) in [5, 5.41) is 2.73. The van der Waals surface area contributed by atoms with E-state index >= 15 is 0 Å². The molecule has 3 heterocycles. The number of amides is 2. The molecule has 0 atom stereocenters. The van der Waals surface area contributed by atoms with Crippen molar-refractivity contribution in [1.82, 2.24) is 20.2 Å². The second-order valence-corrected chi connectivity index (χ2v) is 9.31. The number of nitrogens with two attached hydrogens (primary N) is 1. The summed E-state index contributed by atoms with van der Waals surface area (Å²) in [6, 6.07) is 16.1. The molecule has 198 valence electrons. The average Bonchev–Trinajstić information content (AvgIpc) is 3.38. The predicted molar refractivity (Wildman–Crippen MR) is 142 cm³/mol. The summed E-state index contributed by atoms with van der Waals surface area (Å²) in [6.07, 6.45) is 6.21. The molecule has 0 radical (unpaired) electrons. The molecule has 0 spiro atoms. The Morgan fingerprint density at radius 3 is 2.46 bits per heavy atom. The van der Waals surface area contributed by atoms with Crippen LogP contribution in [0, 0.1) is 6.92 Å². The van der Waals surface area contributed by atoms with E-state index in [-0.39, 0.29) is 12.5 Å². The number of nitrogens with one attached hydrogen (secondary N) is 1. The minimum atomic E-state index is -2.79. The smallest absolute Gasteiger partial charge is 0.282 e. The zero-order valence-corrected chi connectivity index (χ0v) is 21.0. The third-order valence-corrected chi connectivity index (χ3v) is 6.29. The molecule has 0 bridgehead atoms. The lowest BCUT2D eigenvalue weighted by molar-refractivity contribution is -0.116. The van der Waals surface area contributed by atoms with Crippen LogP contribution in [0.3, 0.4) is 0 Å². The van der Waals surface area contributed by atoms with Crippen LogP contribution in [0.4, 0.5) is 14.6 Å². The van der Waals surface area contributed by atoms with E-state index in [1.165, 1.54) is 6.08 Å². The summed E-state index contributed by atoms with van der Waals surface area (Å²) in [7, 11) is 0. The van der Waals surface area contributed by atoms with E-state index in [1.54, 1.807) is 54.9 Å². The van der Waals surface area contributed by atoms with E-state index in [9.17, 15) is 18.4 Å². The maximum absolute atomic E-state index is 13.1. The van der Waals surface area contributed by atoms with E-state index in [1.807, 2.05) is 25.1 Å². The van der Waals surface area contributed by atoms with Crippen LogP contribution in [-0.2, 0) is 11.3 Å². The van der Waals surface area contributed by atoms with Crippen LogP contribution in [0.25, 0.3) is 28.5 Å². The Bertz CT molecular complexity index is 1540. The largest absolute Gasteiger partial charge is 0.439 e. The van der Waals surface area contributed by atoms with Gasteiger partial charge in [-0.3, -0.25) is 9.59 Å². The highest BCUT2D eigenvalue weighted by atomic mass is 19.3. The van der Waals surface area contributed by atoms with Crippen molar-refractivity contribution in [2.45, 2.75) is 19.4 Å². The first kappa shape index (κ1) is 25.8. The van der Waals surface area contributed by atoms with Gasteiger partial charge in [0, 0.05) is 23.4 Å². The standard InChI is InChI=1S/C29H25F2N5O3/c1-18-12-22(20-4-6-21(7-5-20)28(38)36-16-29(30,31)17-36)8-9-23(18)24-14-35-27(39-24)15-34-26(37)11-3-19-2-10-25(32)33-13-19/h2-14H,15-17H2,1H3,(H2,32,33)(H,34,37)/b11-3+. The maximum Gasteiger partial charge on any atom is 0.282 e. The van der Waals surface area contributed by atoms with Crippen LogP contribution >= 0.6 is 0 Å². The lowest BCUT2D eigenvalue weighted by atomic mass is 9.98. The Balaban J connectivity index is 1.19. The summed E-state index contributed by atoms with van der Waals surface area (Å²) < 4.78 is 32.0. The van der Waals surface area contributed by atoms with Gasteiger partial charge in [-0.25, -0.2) is 18.7 Å². The van der Waals surface area contributed by atoms with Gasteiger partial charge in [0.05, 0.1) is 25.8 Å². The number of aromatic nitrogens is 2. The second-order valence-electron chi connectivity index (χ2n) is 9.31. The Labute approximate surface area is 223 Å². The van der Waals surface area contributed by atoms with E-state index in [0.717, 1.165) is 32.7 Å². The Morgan fingerprint density at radius 1 is 1.05 bits per heavy atom. The number of alkyl halides is 2. The fourth-order valence-corrected chi connectivity index (χ4v) is 4.19. The summed E-state index contributed by atoms with van der Waals surface area (Å²) in [6.45, 7) is 0.995. The van der Waals surface area contributed by atoms with Crippen LogP contribution in [0.15, 0.2) is 77.5 Å². The molecule has 1 saturated heterocycles. The molecule has 1 aliphatic rings. The number of aryl methyl sites for hydroxylation is 1. The number of benzene rings is 2. The van der Waals surface area contributed by atoms with Gasteiger partial charge >= 0.3 is 0 Å². The van der Waals surface area contributed by atoms with E-state index in [4.69, 9.17) is 10.2 Å². The lowest BCUT2D eigenvalue weighted by Gasteiger charge is -2.38. The lowest BCUT2D eigenvalue weighted by Crippen LogP contribution is -2.58. The summed E-state index contributed by atoms with van der Waals surface area (Å²) >= 11 is 0. The molecule has 1 aliphatic heterocycles. The monoisotopic (exact) mass is 529 g/mol. The van der Waals surface area contributed by atoms with Crippen molar-refractivity contribution >= 4 is 23.7 Å². The molecule has 2 amide bonds. The third kappa shape index (κ3) is 6.01. The van der Waals surface area contributed by atoms with Crippen molar-refractivity contribution in [3.63, 3.8) is 0 Å². The normalized spacial score (nSPS) is 14.3. The molecule has 0 aliphatic carbocycles. The molecule has 2 aromatic heterocycles. The van der Waals surface area contributed by atoms with Crippen LogP contribution in [-0.4, -0.2) is 45.7 Å². The van der Waals surface area contributed by atoms with Crippen LogP contribution in [0.5, 0.6) is 0 Å². The minimum absolute atomic E-state index is 0.125. The first-order chi connectivity index (χ1) is 18.7. The highest BCUT2D eigenvalue weighted by Gasteiger charge is 2.46. The number of carbonyl (C=O) groups is 2. The number of hydrogen-bond acceptors (Lipinski definition) is 6. The Kier molecular flexibility index (Phi) is 6.93. The number of nitrogen functional groups attached to an aromatic ring is 1. The molecule has 10 heteroatoms. The molecule has 5 rings (SSSR count). The van der Waals surface area contributed by atoms with Gasteiger partial charge in [-0.15, -0.1) is 0 Å². The van der Waals surface area contributed by atoms with Crippen LogP contribution in [0.2, 0.25) is 0 Å². The molecule has 2 aromatic carbocycles. The molecule has 8 nitrogen and oxygen atoms in total. The van der Waals surface area contributed by atoms with Gasteiger partial charge in [0.25, 0.3) is 11.8 Å². The molecule has 39 heavy (non-hydrogen) atoms.